The topological polar surface area (TPSA) is 91.3 Å². The van der Waals surface area contributed by atoms with Crippen molar-refractivity contribution < 1.29 is 37.3 Å². The van der Waals surface area contributed by atoms with Gasteiger partial charge in [-0.05, 0) is 89.9 Å². The highest BCUT2D eigenvalue weighted by Crippen LogP contribution is 2.43. The average Bonchev–Trinajstić information content (AvgIpc) is 3.24. The lowest BCUT2D eigenvalue weighted by Crippen LogP contribution is -2.37. The fraction of sp³-hybridized carbons (Fsp3) is 0.611. The molecule has 2 unspecified atom stereocenters. The first-order valence-electron chi connectivity index (χ1n) is 24.3. The number of carbonyl (C=O) groups excluding carboxylic acids is 1. The summed E-state index contributed by atoms with van der Waals surface area (Å²) < 4.78 is 35.0. The van der Waals surface area contributed by atoms with Gasteiger partial charge in [-0.2, -0.15) is 0 Å². The van der Waals surface area contributed by atoms with Gasteiger partial charge in [0.15, 0.2) is 0 Å². The zero-order chi connectivity index (χ0) is 46.2. The summed E-state index contributed by atoms with van der Waals surface area (Å²) in [5, 5.41) is 0. The summed E-state index contributed by atoms with van der Waals surface area (Å²) in [5.74, 6) is -0.403. The number of nitrogens with zero attached hydrogens (tertiary/aromatic N) is 1. The van der Waals surface area contributed by atoms with Gasteiger partial charge in [0, 0.05) is 13.0 Å². The van der Waals surface area contributed by atoms with Gasteiger partial charge >= 0.3 is 13.8 Å². The minimum absolute atomic E-state index is 0.0663. The SMILES string of the molecule is CC/C=C\C/C=C\C/C=C\C/C=C\C/C=C\C/C=C\CCC(=O)OC(COCCCCCCCCCCC/C=C\C/C=C\C/C=C\C/C=C\CC)COP(=O)(O)OCC[N+](C)(C)C. The summed E-state index contributed by atoms with van der Waals surface area (Å²) in [4.78, 5) is 22.9. The van der Waals surface area contributed by atoms with E-state index in [1.54, 1.807) is 0 Å². The zero-order valence-electron chi connectivity index (χ0n) is 40.5. The van der Waals surface area contributed by atoms with Crippen LogP contribution in [0.3, 0.4) is 0 Å². The highest BCUT2D eigenvalue weighted by atomic mass is 31.2. The van der Waals surface area contributed by atoms with Crippen LogP contribution in [0.5, 0.6) is 0 Å². The fourth-order valence-corrected chi connectivity index (χ4v) is 6.60. The molecule has 0 radical (unpaired) electrons. The number of hydrogen-bond donors (Lipinski definition) is 1. The molecule has 0 saturated heterocycles. The Balaban J connectivity index is 4.33. The van der Waals surface area contributed by atoms with Crippen molar-refractivity contribution in [2.24, 2.45) is 0 Å². The number of esters is 1. The molecule has 0 fully saturated rings. The maximum Gasteiger partial charge on any atom is 0.472 e. The third kappa shape index (κ3) is 49.8. The molecule has 2 atom stereocenters. The Bertz CT molecular complexity index is 1410. The number of carbonyl (C=O) groups is 1. The molecule has 9 heteroatoms. The number of ether oxygens (including phenoxy) is 2. The van der Waals surface area contributed by atoms with Gasteiger partial charge in [0.2, 0.25) is 0 Å². The maximum atomic E-state index is 12.7. The van der Waals surface area contributed by atoms with Crippen LogP contribution >= 0.6 is 7.82 Å². The molecule has 0 aromatic rings. The largest absolute Gasteiger partial charge is 0.472 e. The number of unbranched alkanes of at least 4 members (excludes halogenated alkanes) is 9. The monoisotopic (exact) mass is 897 g/mol. The van der Waals surface area contributed by atoms with Gasteiger partial charge in [0.05, 0.1) is 34.4 Å². The van der Waals surface area contributed by atoms with Gasteiger partial charge in [-0.25, -0.2) is 4.57 Å². The quantitative estimate of drug-likeness (QED) is 0.0214. The van der Waals surface area contributed by atoms with Crippen molar-refractivity contribution in [3.8, 4) is 0 Å². The minimum Gasteiger partial charge on any atom is -0.457 e. The lowest BCUT2D eigenvalue weighted by atomic mass is 10.1. The second-order valence-corrected chi connectivity index (χ2v) is 18.2. The van der Waals surface area contributed by atoms with Crippen LogP contribution in [-0.2, 0) is 27.9 Å². The first-order valence-corrected chi connectivity index (χ1v) is 25.8. The molecule has 0 heterocycles. The summed E-state index contributed by atoms with van der Waals surface area (Å²) in [6, 6.07) is 0. The van der Waals surface area contributed by atoms with E-state index in [-0.39, 0.29) is 26.2 Å². The first-order chi connectivity index (χ1) is 30.6. The van der Waals surface area contributed by atoms with Crippen molar-refractivity contribution in [3.05, 3.63) is 122 Å². The van der Waals surface area contributed by atoms with E-state index >= 15 is 0 Å². The molecule has 0 amide bonds. The summed E-state index contributed by atoms with van der Waals surface area (Å²) in [6.07, 6.45) is 65.4. The Morgan fingerprint density at radius 2 is 0.873 bits per heavy atom. The molecular weight excluding hydrogens is 806 g/mol. The van der Waals surface area contributed by atoms with Crippen LogP contribution < -0.4 is 0 Å². The minimum atomic E-state index is -4.31. The molecule has 358 valence electrons. The van der Waals surface area contributed by atoms with Gasteiger partial charge in [0.25, 0.3) is 0 Å². The van der Waals surface area contributed by atoms with Gasteiger partial charge < -0.3 is 18.9 Å². The standard InChI is InChI=1S/C54H90NO7P/c1-6-8-10-12-14-16-18-20-22-24-26-27-28-30-32-34-36-38-40-42-44-46-49-59-51-53(52-61-63(57,58)60-50-48-55(3,4)5)62-54(56)47-45-43-41-39-37-35-33-31-29-25-23-21-19-17-15-13-11-9-7-2/h8-11,14-17,20-23,26-27,29,31,35,37,41,43,53H,6-7,12-13,18-19,24-25,28,30,32-34,36,38-40,42,44-52H2,1-5H3/p+1/b10-8-,11-9-,16-14-,17-15-,22-20-,23-21-,27-26-,31-29-,37-35-,43-41-. The molecule has 63 heavy (non-hydrogen) atoms. The van der Waals surface area contributed by atoms with Crippen LogP contribution in [0.25, 0.3) is 0 Å². The van der Waals surface area contributed by atoms with Crippen molar-refractivity contribution in [1.29, 1.82) is 0 Å². The predicted molar refractivity (Wildman–Crippen MR) is 270 cm³/mol. The molecule has 0 rings (SSSR count). The Morgan fingerprint density at radius 1 is 0.492 bits per heavy atom. The van der Waals surface area contributed by atoms with E-state index in [9.17, 15) is 14.3 Å². The van der Waals surface area contributed by atoms with E-state index in [4.69, 9.17) is 18.5 Å². The Kier molecular flexibility index (Phi) is 43.2. The van der Waals surface area contributed by atoms with Crippen molar-refractivity contribution in [3.63, 3.8) is 0 Å². The van der Waals surface area contributed by atoms with Gasteiger partial charge in [-0.3, -0.25) is 13.8 Å². The molecule has 0 aliphatic heterocycles. The van der Waals surface area contributed by atoms with Crippen LogP contribution in [0.4, 0.5) is 0 Å². The number of likely N-dealkylation sites (N-methyl/N-ethyl adjacent to an activating group) is 1. The summed E-state index contributed by atoms with van der Waals surface area (Å²) in [7, 11) is 1.60. The highest BCUT2D eigenvalue weighted by molar-refractivity contribution is 7.47. The van der Waals surface area contributed by atoms with Gasteiger partial charge in [0.1, 0.15) is 19.3 Å². The number of allylic oxidation sites excluding steroid dienone is 20. The van der Waals surface area contributed by atoms with Crippen molar-refractivity contribution >= 4 is 13.8 Å². The summed E-state index contributed by atoms with van der Waals surface area (Å²) in [6.45, 7) is 5.24. The van der Waals surface area contributed by atoms with Crippen molar-refractivity contribution in [2.75, 3.05) is 54.1 Å². The molecule has 8 nitrogen and oxygen atoms in total. The number of quaternary nitrogens is 1. The van der Waals surface area contributed by atoms with Crippen LogP contribution in [0.1, 0.15) is 155 Å². The van der Waals surface area contributed by atoms with E-state index in [0.717, 1.165) is 83.5 Å². The lowest BCUT2D eigenvalue weighted by molar-refractivity contribution is -0.870. The summed E-state index contributed by atoms with van der Waals surface area (Å²) in [5.41, 5.74) is 0. The van der Waals surface area contributed by atoms with Crippen LogP contribution in [0.2, 0.25) is 0 Å². The maximum absolute atomic E-state index is 12.7. The molecule has 0 spiro atoms. The Hall–Kier alpha value is -3.10. The Morgan fingerprint density at radius 3 is 1.30 bits per heavy atom. The third-order valence-corrected chi connectivity index (χ3v) is 10.5. The van der Waals surface area contributed by atoms with Crippen LogP contribution in [-0.4, -0.2) is 75.6 Å². The molecule has 0 aliphatic carbocycles. The molecular formula is C54H91NO7P+. The number of phosphoric ester groups is 1. The highest BCUT2D eigenvalue weighted by Gasteiger charge is 2.26. The molecule has 0 bridgehead atoms. The smallest absolute Gasteiger partial charge is 0.457 e. The normalized spacial score (nSPS) is 14.7. The third-order valence-electron chi connectivity index (χ3n) is 9.53. The zero-order valence-corrected chi connectivity index (χ0v) is 41.4. The number of phosphoric acid groups is 1. The molecule has 0 aromatic heterocycles. The van der Waals surface area contributed by atoms with Crippen LogP contribution in [0, 0.1) is 0 Å². The van der Waals surface area contributed by atoms with E-state index < -0.39 is 19.9 Å². The molecule has 1 N–H and O–H groups in total. The molecule has 0 aliphatic rings. The average molecular weight is 897 g/mol. The van der Waals surface area contributed by atoms with Crippen molar-refractivity contribution in [2.45, 2.75) is 161 Å². The second kappa shape index (κ2) is 45.5. The van der Waals surface area contributed by atoms with E-state index in [2.05, 4.69) is 123 Å². The van der Waals surface area contributed by atoms with E-state index in [0.29, 0.717) is 24.1 Å². The molecule has 0 saturated carbocycles. The first kappa shape index (κ1) is 59.9. The second-order valence-electron chi connectivity index (χ2n) is 16.7. The van der Waals surface area contributed by atoms with Crippen molar-refractivity contribution in [1.82, 2.24) is 0 Å². The van der Waals surface area contributed by atoms with Gasteiger partial charge in [-0.15, -0.1) is 0 Å². The lowest BCUT2D eigenvalue weighted by Gasteiger charge is -2.24. The number of rotatable bonds is 43. The van der Waals surface area contributed by atoms with E-state index in [1.165, 1.54) is 44.9 Å². The molecule has 0 aromatic carbocycles. The summed E-state index contributed by atoms with van der Waals surface area (Å²) >= 11 is 0. The fourth-order valence-electron chi connectivity index (χ4n) is 5.86. The Labute approximate surface area is 386 Å². The predicted octanol–water partition coefficient (Wildman–Crippen LogP) is 14.9. The number of hydrogen-bond acceptors (Lipinski definition) is 6. The van der Waals surface area contributed by atoms with E-state index in [1.807, 2.05) is 33.3 Å². The van der Waals surface area contributed by atoms with Gasteiger partial charge in [-0.1, -0.05) is 180 Å². The van der Waals surface area contributed by atoms with Crippen LogP contribution in [0.15, 0.2) is 122 Å².